The summed E-state index contributed by atoms with van der Waals surface area (Å²) in [5, 5.41) is 0. The average Bonchev–Trinajstić information content (AvgIpc) is 2.66. The van der Waals surface area contributed by atoms with Crippen molar-refractivity contribution in [3.63, 3.8) is 0 Å². The predicted molar refractivity (Wildman–Crippen MR) is 145 cm³/mol. The minimum Gasteiger partial charge on any atom is -0.0654 e. The van der Waals surface area contributed by atoms with Gasteiger partial charge < -0.3 is 0 Å². The molecule has 0 nitrogen and oxygen atoms in total. The third kappa shape index (κ3) is 14.7. The van der Waals surface area contributed by atoms with Gasteiger partial charge in [0.15, 0.2) is 0 Å². The lowest BCUT2D eigenvalue weighted by molar-refractivity contribution is 0.118. The molecule has 1 radical (unpaired) electrons. The number of unbranched alkanes of at least 4 members (excludes halogenated alkanes) is 5. The molecule has 0 spiro atoms. The first kappa shape index (κ1) is 31.0. The van der Waals surface area contributed by atoms with E-state index in [1.165, 1.54) is 96.3 Å². The van der Waals surface area contributed by atoms with Gasteiger partial charge in [-0.3, -0.25) is 0 Å². The molecule has 0 bridgehead atoms. The standard InChI is InChI=1S/C31H63/c1-11-13-15-16-20-29(21-18-19-26(3)4)28(7)31(23-17-14-12-2,24-22-27(5)6)25-30(8,9)10/h26-27,29H,11-25H2,1-10H3. The minimum atomic E-state index is 0.398. The highest BCUT2D eigenvalue weighted by Crippen LogP contribution is 2.53. The molecule has 0 aromatic rings. The summed E-state index contributed by atoms with van der Waals surface area (Å²) in [5.74, 6) is 4.39. The Morgan fingerprint density at radius 1 is 0.613 bits per heavy atom. The average molecular weight is 436 g/mol. The summed E-state index contributed by atoms with van der Waals surface area (Å²) in [7, 11) is 0. The maximum atomic E-state index is 2.61. The third-order valence-electron chi connectivity index (χ3n) is 7.52. The van der Waals surface area contributed by atoms with Crippen LogP contribution >= 0.6 is 0 Å². The molecule has 0 aliphatic heterocycles. The maximum Gasteiger partial charge on any atom is -0.0179 e. The molecule has 0 heterocycles. The van der Waals surface area contributed by atoms with Crippen molar-refractivity contribution in [2.24, 2.45) is 28.6 Å². The molecule has 0 saturated heterocycles. The van der Waals surface area contributed by atoms with E-state index in [4.69, 9.17) is 0 Å². The highest BCUT2D eigenvalue weighted by Gasteiger charge is 2.41. The Hall–Kier alpha value is 0. The van der Waals surface area contributed by atoms with Crippen LogP contribution in [0.15, 0.2) is 0 Å². The van der Waals surface area contributed by atoms with E-state index in [1.54, 1.807) is 0 Å². The van der Waals surface area contributed by atoms with Gasteiger partial charge in [0.1, 0.15) is 0 Å². The van der Waals surface area contributed by atoms with Crippen LogP contribution in [0, 0.1) is 34.5 Å². The van der Waals surface area contributed by atoms with E-state index in [-0.39, 0.29) is 0 Å². The SMILES string of the molecule is CCCCCCC(CCCC(C)C)[C](C)C(CCCCC)(CCC(C)C)CC(C)(C)C. The smallest absolute Gasteiger partial charge is 0.0179 e. The first-order valence-electron chi connectivity index (χ1n) is 14.3. The van der Waals surface area contributed by atoms with Gasteiger partial charge in [0.25, 0.3) is 0 Å². The van der Waals surface area contributed by atoms with Crippen molar-refractivity contribution in [3.8, 4) is 0 Å². The van der Waals surface area contributed by atoms with Crippen molar-refractivity contribution in [2.75, 3.05) is 0 Å². The first-order chi connectivity index (χ1) is 14.5. The second kappa shape index (κ2) is 16.6. The van der Waals surface area contributed by atoms with Crippen LogP contribution in [0.3, 0.4) is 0 Å². The van der Waals surface area contributed by atoms with Crippen LogP contribution < -0.4 is 0 Å². The van der Waals surface area contributed by atoms with Crippen LogP contribution in [0.4, 0.5) is 0 Å². The zero-order chi connectivity index (χ0) is 23.9. The Kier molecular flexibility index (Phi) is 16.6. The Morgan fingerprint density at radius 3 is 1.68 bits per heavy atom. The van der Waals surface area contributed by atoms with Gasteiger partial charge in [-0.05, 0) is 66.6 Å². The van der Waals surface area contributed by atoms with Crippen molar-refractivity contribution >= 4 is 0 Å². The molecule has 0 amide bonds. The van der Waals surface area contributed by atoms with Crippen molar-refractivity contribution in [1.29, 1.82) is 0 Å². The molecule has 0 heteroatoms. The van der Waals surface area contributed by atoms with E-state index >= 15 is 0 Å². The lowest BCUT2D eigenvalue weighted by Gasteiger charge is -2.47. The van der Waals surface area contributed by atoms with Gasteiger partial charge in [-0.2, -0.15) is 0 Å². The Morgan fingerprint density at radius 2 is 1.16 bits per heavy atom. The molecule has 0 fully saturated rings. The van der Waals surface area contributed by atoms with Crippen LogP contribution in [0.2, 0.25) is 0 Å². The highest BCUT2D eigenvalue weighted by molar-refractivity contribution is 5.09. The molecule has 0 N–H and O–H groups in total. The first-order valence-corrected chi connectivity index (χ1v) is 14.3. The maximum absolute atomic E-state index is 2.61. The number of rotatable bonds is 19. The third-order valence-corrected chi connectivity index (χ3v) is 7.52. The van der Waals surface area contributed by atoms with Crippen LogP contribution in [0.25, 0.3) is 0 Å². The van der Waals surface area contributed by atoms with Gasteiger partial charge in [-0.1, -0.05) is 133 Å². The predicted octanol–water partition coefficient (Wildman–Crippen LogP) is 11.4. The van der Waals surface area contributed by atoms with Gasteiger partial charge in [-0.25, -0.2) is 0 Å². The van der Waals surface area contributed by atoms with E-state index in [0.29, 0.717) is 10.8 Å². The molecule has 0 aliphatic carbocycles. The quantitative estimate of drug-likeness (QED) is 0.177. The Bertz CT molecular complexity index is 399. The van der Waals surface area contributed by atoms with E-state index in [9.17, 15) is 0 Å². The summed E-state index contributed by atoms with van der Waals surface area (Å²) in [4.78, 5) is 0. The van der Waals surface area contributed by atoms with Crippen molar-refractivity contribution in [1.82, 2.24) is 0 Å². The second-order valence-electron chi connectivity index (χ2n) is 13.0. The largest absolute Gasteiger partial charge is 0.0654 e. The van der Waals surface area contributed by atoms with E-state index in [0.717, 1.165) is 17.8 Å². The molecular formula is C31H63. The summed E-state index contributed by atoms with van der Waals surface area (Å²) < 4.78 is 0. The van der Waals surface area contributed by atoms with Gasteiger partial charge in [0, 0.05) is 0 Å². The van der Waals surface area contributed by atoms with E-state index < -0.39 is 0 Å². The van der Waals surface area contributed by atoms with Crippen LogP contribution in [0.5, 0.6) is 0 Å². The molecule has 0 aliphatic rings. The highest BCUT2D eigenvalue weighted by atomic mass is 14.5. The summed E-state index contributed by atoms with van der Waals surface area (Å²) in [6, 6.07) is 0. The van der Waals surface area contributed by atoms with E-state index in [2.05, 4.69) is 69.2 Å². The van der Waals surface area contributed by atoms with Gasteiger partial charge >= 0.3 is 0 Å². The van der Waals surface area contributed by atoms with Gasteiger partial charge in [-0.15, -0.1) is 0 Å². The molecule has 2 atom stereocenters. The van der Waals surface area contributed by atoms with Crippen molar-refractivity contribution < 1.29 is 0 Å². The van der Waals surface area contributed by atoms with Gasteiger partial charge in [0.05, 0.1) is 0 Å². The van der Waals surface area contributed by atoms with Crippen LogP contribution in [0.1, 0.15) is 166 Å². The summed E-state index contributed by atoms with van der Waals surface area (Å²) in [6.07, 6.45) is 21.0. The lowest BCUT2D eigenvalue weighted by Crippen LogP contribution is -2.36. The topological polar surface area (TPSA) is 0 Å². The lowest BCUT2D eigenvalue weighted by atomic mass is 9.58. The normalized spacial score (nSPS) is 15.8. The molecule has 187 valence electrons. The van der Waals surface area contributed by atoms with Crippen molar-refractivity contribution in [2.45, 2.75) is 166 Å². The van der Waals surface area contributed by atoms with Crippen molar-refractivity contribution in [3.05, 3.63) is 5.92 Å². The second-order valence-corrected chi connectivity index (χ2v) is 13.0. The molecule has 0 aromatic heterocycles. The molecule has 31 heavy (non-hydrogen) atoms. The fourth-order valence-corrected chi connectivity index (χ4v) is 5.73. The zero-order valence-corrected chi connectivity index (χ0v) is 23.8. The van der Waals surface area contributed by atoms with Gasteiger partial charge in [0.2, 0.25) is 0 Å². The van der Waals surface area contributed by atoms with Crippen LogP contribution in [-0.4, -0.2) is 0 Å². The summed E-state index contributed by atoms with van der Waals surface area (Å²) in [5.41, 5.74) is 0.847. The molecular weight excluding hydrogens is 372 g/mol. The molecule has 0 saturated carbocycles. The monoisotopic (exact) mass is 435 g/mol. The zero-order valence-electron chi connectivity index (χ0n) is 23.8. The molecule has 2 unspecified atom stereocenters. The Balaban J connectivity index is 5.72. The number of hydrogen-bond donors (Lipinski definition) is 0. The van der Waals surface area contributed by atoms with Crippen LogP contribution in [-0.2, 0) is 0 Å². The molecule has 0 rings (SSSR count). The summed E-state index contributed by atoms with van der Waals surface area (Å²) >= 11 is 0. The Labute approximate surface area is 200 Å². The number of hydrogen-bond acceptors (Lipinski definition) is 0. The van der Waals surface area contributed by atoms with E-state index in [1.807, 2.05) is 5.92 Å². The minimum absolute atomic E-state index is 0.398. The summed E-state index contributed by atoms with van der Waals surface area (Å²) in [6.45, 7) is 24.4. The fraction of sp³-hybridized carbons (Fsp3) is 0.968. The molecule has 0 aromatic carbocycles. The fourth-order valence-electron chi connectivity index (χ4n) is 5.73.